The fourth-order valence-electron chi connectivity index (χ4n) is 1.73. The molecule has 6 nitrogen and oxygen atoms in total. The first-order chi connectivity index (χ1) is 8.30. The monoisotopic (exact) mass is 248 g/mol. The van der Waals surface area contributed by atoms with Crippen molar-refractivity contribution in [1.29, 1.82) is 0 Å². The Labute approximate surface area is 105 Å². The van der Waals surface area contributed by atoms with E-state index in [1.807, 2.05) is 27.7 Å². The summed E-state index contributed by atoms with van der Waals surface area (Å²) in [6, 6.07) is 0. The van der Waals surface area contributed by atoms with Crippen LogP contribution in [0.1, 0.15) is 36.7 Å². The number of carboxylic acids is 1. The van der Waals surface area contributed by atoms with Crippen molar-refractivity contribution < 1.29 is 9.90 Å². The molecule has 0 saturated heterocycles. The molecule has 0 aliphatic rings. The highest BCUT2D eigenvalue weighted by Gasteiger charge is 2.25. The molecule has 2 heterocycles. The van der Waals surface area contributed by atoms with E-state index in [4.69, 9.17) is 0 Å². The third-order valence-electron chi connectivity index (χ3n) is 2.54. The van der Waals surface area contributed by atoms with Crippen LogP contribution >= 0.6 is 0 Å². The number of aryl methyl sites for hydroxylation is 1. The lowest BCUT2D eigenvalue weighted by molar-refractivity contribution is 0.0696. The van der Waals surface area contributed by atoms with Gasteiger partial charge in [-0.05, 0) is 33.3 Å². The minimum absolute atomic E-state index is 0.146. The predicted molar refractivity (Wildman–Crippen MR) is 66.0 cm³/mol. The van der Waals surface area contributed by atoms with Gasteiger partial charge in [0, 0.05) is 6.20 Å². The van der Waals surface area contributed by atoms with Gasteiger partial charge in [-0.1, -0.05) is 0 Å². The molecule has 0 radical (unpaired) electrons. The van der Waals surface area contributed by atoms with Crippen molar-refractivity contribution in [3.8, 4) is 5.82 Å². The minimum Gasteiger partial charge on any atom is -0.477 e. The molecule has 96 valence electrons. The highest BCUT2D eigenvalue weighted by Crippen LogP contribution is 2.22. The number of nitrogens with zero attached hydrogens (tertiary/aromatic N) is 4. The maximum Gasteiger partial charge on any atom is 0.341 e. The molecule has 18 heavy (non-hydrogen) atoms. The summed E-state index contributed by atoms with van der Waals surface area (Å²) in [6.07, 6.45) is 4.83. The molecule has 0 aromatic carbocycles. The van der Waals surface area contributed by atoms with Gasteiger partial charge in [0.2, 0.25) is 0 Å². The quantitative estimate of drug-likeness (QED) is 0.880. The Morgan fingerprint density at radius 3 is 2.39 bits per heavy atom. The molecular weight excluding hydrogens is 232 g/mol. The first-order valence-corrected chi connectivity index (χ1v) is 5.64. The second-order valence-electron chi connectivity index (χ2n) is 5.23. The van der Waals surface area contributed by atoms with Crippen molar-refractivity contribution in [2.24, 2.45) is 0 Å². The molecule has 0 atom stereocenters. The summed E-state index contributed by atoms with van der Waals surface area (Å²) < 4.78 is 3.22. The van der Waals surface area contributed by atoms with Crippen molar-refractivity contribution in [3.05, 3.63) is 29.7 Å². The van der Waals surface area contributed by atoms with Crippen LogP contribution in [0.2, 0.25) is 0 Å². The number of aromatic carboxylic acids is 1. The van der Waals surface area contributed by atoms with Crippen molar-refractivity contribution in [2.45, 2.75) is 33.2 Å². The number of carbonyl (C=O) groups is 1. The Bertz CT molecular complexity index is 589. The smallest absolute Gasteiger partial charge is 0.341 e. The molecule has 2 aromatic rings. The maximum absolute atomic E-state index is 11.2. The molecule has 0 saturated carbocycles. The summed E-state index contributed by atoms with van der Waals surface area (Å²) in [5.41, 5.74) is 0.795. The van der Waals surface area contributed by atoms with Gasteiger partial charge in [0.15, 0.2) is 5.82 Å². The Morgan fingerprint density at radius 2 is 1.94 bits per heavy atom. The van der Waals surface area contributed by atoms with Crippen LogP contribution in [0.4, 0.5) is 0 Å². The van der Waals surface area contributed by atoms with Crippen molar-refractivity contribution >= 4 is 5.97 Å². The molecule has 0 bridgehead atoms. The van der Waals surface area contributed by atoms with E-state index < -0.39 is 5.97 Å². The van der Waals surface area contributed by atoms with Gasteiger partial charge in [-0.3, -0.25) is 0 Å². The van der Waals surface area contributed by atoms with Gasteiger partial charge in [0.1, 0.15) is 5.56 Å². The lowest BCUT2D eigenvalue weighted by Gasteiger charge is -2.22. The van der Waals surface area contributed by atoms with E-state index >= 15 is 0 Å². The minimum atomic E-state index is -1.01. The van der Waals surface area contributed by atoms with E-state index in [0.29, 0.717) is 5.82 Å². The summed E-state index contributed by atoms with van der Waals surface area (Å²) in [4.78, 5) is 11.2. The number of rotatable bonds is 2. The first kappa shape index (κ1) is 12.3. The molecule has 0 spiro atoms. The zero-order valence-electron chi connectivity index (χ0n) is 10.9. The lowest BCUT2D eigenvalue weighted by Crippen LogP contribution is -2.26. The van der Waals surface area contributed by atoms with Crippen LogP contribution in [0.15, 0.2) is 18.6 Å². The second-order valence-corrected chi connectivity index (χ2v) is 5.23. The van der Waals surface area contributed by atoms with Crippen LogP contribution in [-0.4, -0.2) is 30.6 Å². The number of hydrogen-bond acceptors (Lipinski definition) is 3. The zero-order chi connectivity index (χ0) is 13.5. The van der Waals surface area contributed by atoms with E-state index in [1.54, 1.807) is 21.8 Å². The van der Waals surface area contributed by atoms with Crippen LogP contribution in [0.25, 0.3) is 5.82 Å². The molecule has 2 rings (SSSR count). The summed E-state index contributed by atoms with van der Waals surface area (Å²) in [7, 11) is 0. The molecule has 0 aliphatic carbocycles. The second kappa shape index (κ2) is 3.97. The normalized spacial score (nSPS) is 11.8. The van der Waals surface area contributed by atoms with Gasteiger partial charge >= 0.3 is 5.97 Å². The first-order valence-electron chi connectivity index (χ1n) is 5.64. The average molecular weight is 248 g/mol. The standard InChI is InChI=1S/C12H16N4O2/c1-8-5-13-15(7-8)10-9(11(17)18)6-14-16(10)12(2,3)4/h5-7H,1-4H3,(H,17,18). The average Bonchev–Trinajstić information content (AvgIpc) is 2.80. The van der Waals surface area contributed by atoms with Gasteiger partial charge in [-0.15, -0.1) is 0 Å². The van der Waals surface area contributed by atoms with Gasteiger partial charge in [0.05, 0.1) is 17.9 Å². The Kier molecular flexibility index (Phi) is 2.73. The van der Waals surface area contributed by atoms with Crippen LogP contribution in [-0.2, 0) is 5.54 Å². The summed E-state index contributed by atoms with van der Waals surface area (Å²) >= 11 is 0. The van der Waals surface area contributed by atoms with E-state index in [2.05, 4.69) is 10.2 Å². The molecule has 1 N–H and O–H groups in total. The molecule has 0 amide bonds. The van der Waals surface area contributed by atoms with Crippen LogP contribution in [0, 0.1) is 6.92 Å². The maximum atomic E-state index is 11.2. The van der Waals surface area contributed by atoms with Crippen LogP contribution in [0.5, 0.6) is 0 Å². The number of aromatic nitrogens is 4. The summed E-state index contributed by atoms with van der Waals surface area (Å²) in [5.74, 6) is -0.531. The van der Waals surface area contributed by atoms with Gasteiger partial charge in [-0.2, -0.15) is 10.2 Å². The number of hydrogen-bond donors (Lipinski definition) is 1. The third-order valence-corrected chi connectivity index (χ3v) is 2.54. The fourth-order valence-corrected chi connectivity index (χ4v) is 1.73. The zero-order valence-corrected chi connectivity index (χ0v) is 10.9. The Hall–Kier alpha value is -2.11. The fraction of sp³-hybridized carbons (Fsp3) is 0.417. The molecular formula is C12H16N4O2. The molecule has 0 aliphatic heterocycles. The molecule has 6 heteroatoms. The summed E-state index contributed by atoms with van der Waals surface area (Å²) in [6.45, 7) is 7.80. The molecule has 0 fully saturated rings. The Balaban J connectivity index is 2.69. The van der Waals surface area contributed by atoms with Gasteiger partial charge in [0.25, 0.3) is 0 Å². The van der Waals surface area contributed by atoms with Gasteiger partial charge < -0.3 is 5.11 Å². The van der Waals surface area contributed by atoms with Crippen molar-refractivity contribution in [3.63, 3.8) is 0 Å². The van der Waals surface area contributed by atoms with Gasteiger partial charge in [-0.25, -0.2) is 14.2 Å². The van der Waals surface area contributed by atoms with E-state index in [9.17, 15) is 9.90 Å². The highest BCUT2D eigenvalue weighted by atomic mass is 16.4. The molecule has 0 unspecified atom stereocenters. The SMILES string of the molecule is Cc1cnn(-c2c(C(=O)O)cnn2C(C)(C)C)c1. The molecule has 2 aromatic heterocycles. The number of carboxylic acid groups (broad SMARTS) is 1. The van der Waals surface area contributed by atoms with Crippen LogP contribution < -0.4 is 0 Å². The van der Waals surface area contributed by atoms with Crippen molar-refractivity contribution in [2.75, 3.05) is 0 Å². The van der Waals surface area contributed by atoms with E-state index in [0.717, 1.165) is 5.56 Å². The topological polar surface area (TPSA) is 72.9 Å². The van der Waals surface area contributed by atoms with E-state index in [-0.39, 0.29) is 11.1 Å². The summed E-state index contributed by atoms with van der Waals surface area (Å²) in [5, 5.41) is 17.6. The highest BCUT2D eigenvalue weighted by molar-refractivity contribution is 5.91. The van der Waals surface area contributed by atoms with E-state index in [1.165, 1.54) is 6.20 Å². The lowest BCUT2D eigenvalue weighted by atomic mass is 10.1. The third kappa shape index (κ3) is 2.01. The Morgan fingerprint density at radius 1 is 1.28 bits per heavy atom. The predicted octanol–water partition coefficient (Wildman–Crippen LogP) is 1.83. The van der Waals surface area contributed by atoms with Crippen molar-refractivity contribution in [1.82, 2.24) is 19.6 Å². The largest absolute Gasteiger partial charge is 0.477 e. The van der Waals surface area contributed by atoms with Crippen LogP contribution in [0.3, 0.4) is 0 Å².